The minimum Gasteiger partial charge on any atom is -0.324 e. The van der Waals surface area contributed by atoms with Crippen molar-refractivity contribution >= 4 is 11.7 Å². The van der Waals surface area contributed by atoms with Crippen LogP contribution in [0.4, 0.5) is 10.5 Å². The first-order valence-corrected chi connectivity index (χ1v) is 6.93. The van der Waals surface area contributed by atoms with E-state index in [2.05, 4.69) is 25.3 Å². The van der Waals surface area contributed by atoms with Gasteiger partial charge in [-0.1, -0.05) is 13.8 Å². The lowest BCUT2D eigenvalue weighted by atomic mass is 9.91. The number of hydrogen-bond donors (Lipinski definition) is 0. The maximum Gasteiger partial charge on any atom is 0.324 e. The lowest BCUT2D eigenvalue weighted by Crippen LogP contribution is -2.46. The molecule has 1 saturated heterocycles. The largest absolute Gasteiger partial charge is 0.324 e. The number of carbonyl (C=O) groups is 1. The van der Waals surface area contributed by atoms with Crippen LogP contribution in [0.2, 0.25) is 0 Å². The second kappa shape index (κ2) is 4.51. The Hall–Kier alpha value is -1.58. The van der Waals surface area contributed by atoms with Gasteiger partial charge in [-0.3, -0.25) is 9.88 Å². The Morgan fingerprint density at radius 2 is 2.05 bits per heavy atom. The molecule has 2 amide bonds. The molecule has 1 radical (unpaired) electrons. The topological polar surface area (TPSA) is 36.4 Å². The summed E-state index contributed by atoms with van der Waals surface area (Å²) in [6, 6.07) is 4.04. The van der Waals surface area contributed by atoms with E-state index >= 15 is 0 Å². The molecule has 2 aliphatic rings. The highest BCUT2D eigenvalue weighted by Gasteiger charge is 2.40. The van der Waals surface area contributed by atoms with Crippen molar-refractivity contribution in [3.8, 4) is 0 Å². The lowest BCUT2D eigenvalue weighted by molar-refractivity contribution is 0.199. The molecule has 1 aromatic heterocycles. The van der Waals surface area contributed by atoms with Crippen molar-refractivity contribution < 1.29 is 4.79 Å². The summed E-state index contributed by atoms with van der Waals surface area (Å²) in [5.41, 5.74) is 1.95. The number of urea groups is 1. The first-order chi connectivity index (χ1) is 9.09. The fourth-order valence-corrected chi connectivity index (χ4v) is 2.97. The van der Waals surface area contributed by atoms with Crippen LogP contribution >= 0.6 is 0 Å². The van der Waals surface area contributed by atoms with Gasteiger partial charge < -0.3 is 4.90 Å². The quantitative estimate of drug-likeness (QED) is 0.717. The van der Waals surface area contributed by atoms with Crippen LogP contribution in [0.1, 0.15) is 32.4 Å². The number of carbonyl (C=O) groups excluding carboxylic acids is 1. The molecule has 2 aliphatic heterocycles. The van der Waals surface area contributed by atoms with Crippen molar-refractivity contribution in [2.75, 3.05) is 24.5 Å². The fourth-order valence-electron chi connectivity index (χ4n) is 2.97. The summed E-state index contributed by atoms with van der Waals surface area (Å²) in [7, 11) is 0. The van der Waals surface area contributed by atoms with Crippen molar-refractivity contribution in [3.05, 3.63) is 30.4 Å². The maximum absolute atomic E-state index is 12.7. The van der Waals surface area contributed by atoms with Crippen LogP contribution in [0.15, 0.2) is 18.3 Å². The van der Waals surface area contributed by atoms with Gasteiger partial charge in [-0.25, -0.2) is 4.79 Å². The molecule has 1 fully saturated rings. The number of hydrogen-bond acceptors (Lipinski definition) is 2. The van der Waals surface area contributed by atoms with Gasteiger partial charge in [-0.2, -0.15) is 0 Å². The molecule has 3 rings (SSSR count). The van der Waals surface area contributed by atoms with Crippen LogP contribution in [0.25, 0.3) is 0 Å². The van der Waals surface area contributed by atoms with Crippen molar-refractivity contribution in [2.24, 2.45) is 0 Å². The number of piperidine rings is 1. The van der Waals surface area contributed by atoms with E-state index in [0.717, 1.165) is 43.9 Å². The van der Waals surface area contributed by atoms with Gasteiger partial charge in [0, 0.05) is 31.2 Å². The molecular formula is C15H20N3O. The SMILES string of the molecule is CC1(C)CN(C(=O)N2CC[CH]CC2)c2cccnc21. The number of nitrogens with zero attached hydrogens (tertiary/aromatic N) is 3. The van der Waals surface area contributed by atoms with Gasteiger partial charge in [0.25, 0.3) is 0 Å². The van der Waals surface area contributed by atoms with E-state index in [-0.39, 0.29) is 11.4 Å². The van der Waals surface area contributed by atoms with Gasteiger partial charge in [0.2, 0.25) is 0 Å². The minimum absolute atomic E-state index is 0.0613. The third-order valence-corrected chi connectivity index (χ3v) is 3.98. The molecule has 0 unspecified atom stereocenters. The van der Waals surface area contributed by atoms with Crippen LogP contribution in [0.3, 0.4) is 0 Å². The first kappa shape index (κ1) is 12.5. The number of anilines is 1. The van der Waals surface area contributed by atoms with Gasteiger partial charge in [0.1, 0.15) is 0 Å². The molecule has 4 nitrogen and oxygen atoms in total. The van der Waals surface area contributed by atoms with E-state index in [1.54, 1.807) is 0 Å². The van der Waals surface area contributed by atoms with Crippen LogP contribution < -0.4 is 4.90 Å². The molecule has 0 spiro atoms. The highest BCUT2D eigenvalue weighted by Crippen LogP contribution is 2.39. The highest BCUT2D eigenvalue weighted by molar-refractivity contribution is 5.94. The summed E-state index contributed by atoms with van der Waals surface area (Å²) in [4.78, 5) is 21.0. The Morgan fingerprint density at radius 1 is 1.32 bits per heavy atom. The molecule has 0 aromatic carbocycles. The lowest BCUT2D eigenvalue weighted by Gasteiger charge is -2.31. The Labute approximate surface area is 114 Å². The summed E-state index contributed by atoms with van der Waals surface area (Å²) in [6.45, 7) is 6.70. The van der Waals surface area contributed by atoms with Crippen molar-refractivity contribution in [3.63, 3.8) is 0 Å². The number of fused-ring (bicyclic) bond motifs is 1. The molecule has 0 atom stereocenters. The average Bonchev–Trinajstić information content (AvgIpc) is 2.72. The number of rotatable bonds is 0. The van der Waals surface area contributed by atoms with Crippen LogP contribution in [-0.2, 0) is 5.41 Å². The minimum atomic E-state index is -0.0613. The predicted molar refractivity (Wildman–Crippen MR) is 75.1 cm³/mol. The van der Waals surface area contributed by atoms with E-state index < -0.39 is 0 Å². The van der Waals surface area contributed by atoms with E-state index in [0.29, 0.717) is 0 Å². The van der Waals surface area contributed by atoms with E-state index in [1.807, 2.05) is 28.1 Å². The zero-order chi connectivity index (χ0) is 13.5. The Bertz CT molecular complexity index is 492. The molecule has 0 N–H and O–H groups in total. The van der Waals surface area contributed by atoms with E-state index in [4.69, 9.17) is 0 Å². The summed E-state index contributed by atoms with van der Waals surface area (Å²) >= 11 is 0. The zero-order valence-corrected chi connectivity index (χ0v) is 11.6. The molecule has 0 aliphatic carbocycles. The average molecular weight is 258 g/mol. The number of amides is 2. The van der Waals surface area contributed by atoms with E-state index in [9.17, 15) is 4.79 Å². The summed E-state index contributed by atoms with van der Waals surface area (Å²) in [6.07, 6.45) is 6.07. The van der Waals surface area contributed by atoms with Gasteiger partial charge >= 0.3 is 6.03 Å². The monoisotopic (exact) mass is 258 g/mol. The second-order valence-electron chi connectivity index (χ2n) is 5.98. The number of likely N-dealkylation sites (tertiary alicyclic amines) is 1. The highest BCUT2D eigenvalue weighted by atomic mass is 16.2. The number of aromatic nitrogens is 1. The normalized spacial score (nSPS) is 21.4. The molecular weight excluding hydrogens is 238 g/mol. The molecule has 0 saturated carbocycles. The molecule has 19 heavy (non-hydrogen) atoms. The van der Waals surface area contributed by atoms with Gasteiger partial charge in [-0.05, 0) is 31.4 Å². The standard InChI is InChI=1S/C15H20N3O/c1-15(2)11-18(12-7-6-8-16-13(12)15)14(19)17-9-4-3-5-10-17/h3,6-8H,4-5,9-11H2,1-2H3. The predicted octanol–water partition coefficient (Wildman–Crippen LogP) is 2.60. The Morgan fingerprint density at radius 3 is 2.79 bits per heavy atom. The van der Waals surface area contributed by atoms with Crippen molar-refractivity contribution in [1.29, 1.82) is 0 Å². The third-order valence-electron chi connectivity index (χ3n) is 3.98. The van der Waals surface area contributed by atoms with Crippen LogP contribution in [-0.4, -0.2) is 35.5 Å². The third kappa shape index (κ3) is 2.09. The smallest absolute Gasteiger partial charge is 0.324 e. The molecule has 101 valence electrons. The van der Waals surface area contributed by atoms with Crippen molar-refractivity contribution in [2.45, 2.75) is 32.1 Å². The molecule has 0 bridgehead atoms. The summed E-state index contributed by atoms with van der Waals surface area (Å²) in [5.74, 6) is 0. The van der Waals surface area contributed by atoms with Gasteiger partial charge in [0.15, 0.2) is 0 Å². The van der Waals surface area contributed by atoms with Crippen molar-refractivity contribution in [1.82, 2.24) is 9.88 Å². The molecule has 3 heterocycles. The first-order valence-electron chi connectivity index (χ1n) is 6.93. The zero-order valence-electron chi connectivity index (χ0n) is 11.6. The summed E-state index contributed by atoms with van der Waals surface area (Å²) in [5, 5.41) is 0. The Balaban J connectivity index is 1.88. The van der Waals surface area contributed by atoms with Crippen LogP contribution in [0, 0.1) is 6.42 Å². The Kier molecular flexibility index (Phi) is 2.96. The second-order valence-corrected chi connectivity index (χ2v) is 5.98. The maximum atomic E-state index is 12.7. The van der Waals surface area contributed by atoms with Gasteiger partial charge in [-0.15, -0.1) is 0 Å². The summed E-state index contributed by atoms with van der Waals surface area (Å²) < 4.78 is 0. The van der Waals surface area contributed by atoms with Crippen LogP contribution in [0.5, 0.6) is 0 Å². The van der Waals surface area contributed by atoms with E-state index in [1.165, 1.54) is 0 Å². The molecule has 1 aromatic rings. The van der Waals surface area contributed by atoms with Gasteiger partial charge in [0.05, 0.1) is 11.4 Å². The molecule has 4 heteroatoms. The fraction of sp³-hybridized carbons (Fsp3) is 0.533. The number of pyridine rings is 1.